The number of primary amides is 1. The van der Waals surface area contributed by atoms with Gasteiger partial charge in [-0.15, -0.1) is 0 Å². The molecule has 0 aliphatic carbocycles. The summed E-state index contributed by atoms with van der Waals surface area (Å²) in [6.07, 6.45) is 3.90. The van der Waals surface area contributed by atoms with E-state index in [1.165, 1.54) is 81.1 Å². The number of phenols is 1. The van der Waals surface area contributed by atoms with E-state index in [1.807, 2.05) is 0 Å². The van der Waals surface area contributed by atoms with Crippen molar-refractivity contribution in [2.24, 2.45) is 23.3 Å². The SMILES string of the molecule is CCC(C)CCCCCCCCCCC(O)CC(=O)N[C@@H](CCC(=O)O)C(=O)N[C@@H](CCCN)C(=O)N[C@H]1Cc2ccc(cc2)OC(=O)[C@H]([C@@H](C)CC)NC(=O)[C@H](Cc2ccc(O)cc2)NC(=O)[C@H](CCC(N)=O)NC(=O)[C@@H]2CCCN2C(=O)[C@@H](CC)NC(=O)[C@H](CCC(=O)O)NC(=O)[C@H]([C@@H](C)O)NC1=O. The van der Waals surface area contributed by atoms with Gasteiger partial charge in [-0.25, -0.2) is 4.79 Å². The number of aliphatic hydroxyl groups excluding tert-OH is 2. The lowest BCUT2D eigenvalue weighted by atomic mass is 9.97. The molecule has 3 aliphatic heterocycles. The van der Waals surface area contributed by atoms with E-state index >= 15 is 0 Å². The zero-order chi connectivity index (χ0) is 78.6. The van der Waals surface area contributed by atoms with Gasteiger partial charge in [-0.05, 0) is 118 Å². The number of ether oxygens (including phenoxy) is 1. The largest absolute Gasteiger partial charge is 0.508 e. The molecular weight excluding hydrogens is 1380 g/mol. The fourth-order valence-corrected chi connectivity index (χ4v) is 12.4. The molecule has 18 N–H and O–H groups in total. The van der Waals surface area contributed by atoms with Crippen LogP contribution in [0.3, 0.4) is 0 Å². The average Bonchev–Trinajstić information content (AvgIpc) is 1.57. The standard InChI is InChI=1S/C74H114N12O20/c1-7-43(4)20-16-14-12-10-11-13-15-17-21-49(89)42-60(91)77-53(33-36-61(92)93)66(97)79-52(22-18-38-75)65(96)82-57-41-47-26-30-50(31-27-47)106-74(105)63(44(5)8-2)84-69(100)56(40-46-24-28-48(88)29-25-46)83-68(99)54(32-35-59(76)90)80-71(102)58-23-19-39-86(58)73(104)51(9-3)78-67(98)55(34-37-62(94)95)81-72(103)64(45(6)87)85-70(57)101/h24-31,43-45,49,51-58,63-64,87-89H,7-23,32-42,75H2,1-6H3,(H2,76,90)(H,77,91)(H,78,98)(H,79,97)(H,80,102)(H,81,103)(H,82,96)(H,83,99)(H,84,100)(H,85,101)(H,92,93)(H,94,95)/t43?,44-,45+,49?,51+,52-,53-,54-,55-,56-,57-,58-,63-,64-/m0/s1. The maximum Gasteiger partial charge on any atom is 0.334 e. The van der Waals surface area contributed by atoms with E-state index < -0.39 is 213 Å². The van der Waals surface area contributed by atoms with Gasteiger partial charge in [0.25, 0.3) is 0 Å². The molecule has 0 radical (unpaired) electrons. The number of nitrogens with zero attached hydrogens (tertiary/aromatic N) is 1. The Bertz CT molecular complexity index is 3250. The third kappa shape index (κ3) is 31.4. The number of hydrogen-bond acceptors (Lipinski definition) is 19. The van der Waals surface area contributed by atoms with E-state index in [1.54, 1.807) is 13.8 Å². The summed E-state index contributed by atoms with van der Waals surface area (Å²) >= 11 is 0. The Kier molecular flexibility index (Phi) is 39.2. The van der Waals surface area contributed by atoms with E-state index in [0.717, 1.165) is 49.8 Å². The number of aromatic hydroxyl groups is 1. The lowest BCUT2D eigenvalue weighted by Crippen LogP contribution is -2.62. The highest BCUT2D eigenvalue weighted by Gasteiger charge is 2.42. The number of benzene rings is 2. The number of unbranched alkanes of at least 4 members (excludes halogenated alkanes) is 7. The number of carbonyl (C=O) groups excluding carboxylic acids is 12. The third-order valence-electron chi connectivity index (χ3n) is 19.2. The second-order valence-corrected chi connectivity index (χ2v) is 27.9. The van der Waals surface area contributed by atoms with Crippen LogP contribution in [0.5, 0.6) is 11.5 Å². The van der Waals surface area contributed by atoms with Crippen molar-refractivity contribution in [1.82, 2.24) is 52.8 Å². The van der Waals surface area contributed by atoms with E-state index in [0.29, 0.717) is 24.8 Å². The minimum Gasteiger partial charge on any atom is -0.508 e. The lowest BCUT2D eigenvalue weighted by molar-refractivity contribution is -0.143. The van der Waals surface area contributed by atoms with Crippen LogP contribution in [0.4, 0.5) is 0 Å². The van der Waals surface area contributed by atoms with Gasteiger partial charge in [-0.2, -0.15) is 0 Å². The van der Waals surface area contributed by atoms with Gasteiger partial charge in [-0.1, -0.05) is 130 Å². The minimum atomic E-state index is -1.98. The number of carbonyl (C=O) groups is 14. The predicted octanol–water partition coefficient (Wildman–Crippen LogP) is 1.72. The zero-order valence-electron chi connectivity index (χ0n) is 62.0. The van der Waals surface area contributed by atoms with E-state index in [-0.39, 0.29) is 68.7 Å². The monoisotopic (exact) mass is 1490 g/mol. The van der Waals surface area contributed by atoms with Crippen LogP contribution in [0.25, 0.3) is 0 Å². The van der Waals surface area contributed by atoms with Crippen molar-refractivity contribution in [3.8, 4) is 11.5 Å². The molecule has 3 heterocycles. The Labute approximate surface area is 619 Å². The lowest BCUT2D eigenvalue weighted by Gasteiger charge is -2.31. The molecule has 32 heteroatoms. The van der Waals surface area contributed by atoms with Crippen LogP contribution in [-0.2, 0) is 80.0 Å². The highest BCUT2D eigenvalue weighted by atomic mass is 16.5. The summed E-state index contributed by atoms with van der Waals surface area (Å²) in [7, 11) is 0. The van der Waals surface area contributed by atoms with E-state index in [9.17, 15) is 92.7 Å². The number of nitrogens with one attached hydrogen (secondary N) is 9. The molecule has 0 spiro atoms. The van der Waals surface area contributed by atoms with Crippen LogP contribution in [-0.4, -0.2) is 199 Å². The number of amides is 11. The quantitative estimate of drug-likeness (QED) is 0.0198. The first-order valence-corrected chi connectivity index (χ1v) is 37.3. The molecular formula is C74H114N12O20. The van der Waals surface area contributed by atoms with Crippen molar-refractivity contribution in [2.45, 2.75) is 281 Å². The number of phenolic OH excluding ortho intramolecular Hbond substituents is 1. The van der Waals surface area contributed by atoms with Crippen LogP contribution in [0.15, 0.2) is 48.5 Å². The van der Waals surface area contributed by atoms with E-state index in [4.69, 9.17) is 16.2 Å². The number of fused-ring (bicyclic) bond motifs is 23. The number of aliphatic hydroxyl groups is 2. The number of esters is 1. The number of nitrogens with two attached hydrogens (primary N) is 2. The second-order valence-electron chi connectivity index (χ2n) is 27.9. The third-order valence-corrected chi connectivity index (χ3v) is 19.2. The molecule has 106 heavy (non-hydrogen) atoms. The maximum atomic E-state index is 14.8. The number of aliphatic carboxylic acids is 2. The Morgan fingerprint density at radius 2 is 1.15 bits per heavy atom. The van der Waals surface area contributed by atoms with Gasteiger partial charge in [0.05, 0.1) is 18.6 Å². The topological polar surface area (TPSA) is 513 Å². The predicted molar refractivity (Wildman–Crippen MR) is 388 cm³/mol. The summed E-state index contributed by atoms with van der Waals surface area (Å²) in [6, 6.07) is -4.81. The summed E-state index contributed by atoms with van der Waals surface area (Å²) in [4.78, 5) is 195. The van der Waals surface area contributed by atoms with Crippen LogP contribution < -0.4 is 64.1 Å². The molecule has 0 saturated carbocycles. The first kappa shape index (κ1) is 89.1. The number of carboxylic acids is 2. The molecule has 32 nitrogen and oxygen atoms in total. The normalized spacial score (nSPS) is 22.1. The summed E-state index contributed by atoms with van der Waals surface area (Å²) < 4.78 is 5.83. The molecule has 590 valence electrons. The summed E-state index contributed by atoms with van der Waals surface area (Å²) in [5.74, 6) is -14.6. The van der Waals surface area contributed by atoms with Crippen LogP contribution in [0.1, 0.15) is 207 Å². The highest BCUT2D eigenvalue weighted by molar-refractivity contribution is 5.99. The molecule has 11 amide bonds. The van der Waals surface area contributed by atoms with Crippen molar-refractivity contribution in [2.75, 3.05) is 13.1 Å². The average molecular weight is 1490 g/mol. The van der Waals surface area contributed by atoms with Crippen LogP contribution >= 0.6 is 0 Å². The Morgan fingerprint density at radius 1 is 0.594 bits per heavy atom. The van der Waals surface area contributed by atoms with Crippen molar-refractivity contribution >= 4 is 82.9 Å². The second kappa shape index (κ2) is 46.6. The summed E-state index contributed by atoms with van der Waals surface area (Å²) in [5, 5.41) is 74.4. The van der Waals surface area contributed by atoms with Gasteiger partial charge in [0, 0.05) is 38.6 Å². The van der Waals surface area contributed by atoms with Gasteiger partial charge in [-0.3, -0.25) is 62.3 Å². The van der Waals surface area contributed by atoms with Gasteiger partial charge in [0.1, 0.15) is 71.9 Å². The fourth-order valence-electron chi connectivity index (χ4n) is 12.4. The van der Waals surface area contributed by atoms with Gasteiger partial charge < -0.3 is 94.5 Å². The minimum absolute atomic E-state index is 0.0226. The molecule has 2 aromatic carbocycles. The molecule has 2 aromatic rings. The van der Waals surface area contributed by atoms with Crippen molar-refractivity contribution in [3.63, 3.8) is 0 Å². The van der Waals surface area contributed by atoms with Crippen molar-refractivity contribution in [1.29, 1.82) is 0 Å². The molecule has 1 fully saturated rings. The van der Waals surface area contributed by atoms with Crippen LogP contribution in [0.2, 0.25) is 0 Å². The molecule has 3 aliphatic rings. The summed E-state index contributed by atoms with van der Waals surface area (Å²) in [6.45, 7) is 10.4. The maximum absolute atomic E-state index is 14.8. The van der Waals surface area contributed by atoms with Crippen LogP contribution in [0, 0.1) is 11.8 Å². The molecule has 2 unspecified atom stereocenters. The van der Waals surface area contributed by atoms with Gasteiger partial charge in [0.2, 0.25) is 65.0 Å². The number of hydrogen-bond donors (Lipinski definition) is 16. The number of rotatable bonds is 37. The molecule has 1 saturated heterocycles. The van der Waals surface area contributed by atoms with Gasteiger partial charge >= 0.3 is 17.9 Å². The highest BCUT2D eigenvalue weighted by Crippen LogP contribution is 2.23. The van der Waals surface area contributed by atoms with Crippen molar-refractivity contribution in [3.05, 3.63) is 59.7 Å². The smallest absolute Gasteiger partial charge is 0.334 e. The molecule has 14 atom stereocenters. The Balaban J connectivity index is 1.76. The molecule has 5 rings (SSSR count). The van der Waals surface area contributed by atoms with Gasteiger partial charge in [0.15, 0.2) is 0 Å². The fraction of sp³-hybridized carbons (Fsp3) is 0.649. The first-order valence-electron chi connectivity index (χ1n) is 37.3. The summed E-state index contributed by atoms with van der Waals surface area (Å²) in [5.41, 5.74) is 12.1. The Hall–Kier alpha value is -9.30. The first-order chi connectivity index (χ1) is 50.4. The Morgan fingerprint density at radius 3 is 1.73 bits per heavy atom. The zero-order valence-corrected chi connectivity index (χ0v) is 62.0. The molecule has 2 bridgehead atoms. The van der Waals surface area contributed by atoms with E-state index in [2.05, 4.69) is 61.7 Å². The number of carboxylic acid groups (broad SMARTS) is 2. The van der Waals surface area contributed by atoms with Crippen molar-refractivity contribution < 1.29 is 97.4 Å². The molecule has 0 aromatic heterocycles.